The fourth-order valence-electron chi connectivity index (χ4n) is 2.95. The van der Waals surface area contributed by atoms with Crippen molar-refractivity contribution in [2.45, 2.75) is 0 Å². The Hall–Kier alpha value is -3.85. The first kappa shape index (κ1) is 21.8. The summed E-state index contributed by atoms with van der Waals surface area (Å²) in [6, 6.07) is 12.3. The molecule has 31 heavy (non-hydrogen) atoms. The molecule has 0 unspecified atom stereocenters. The lowest BCUT2D eigenvalue weighted by Gasteiger charge is -2.16. The molecule has 160 valence electrons. The molecule has 0 aliphatic heterocycles. The molecule has 3 N–H and O–H groups in total. The second-order valence-corrected chi connectivity index (χ2v) is 6.83. The number of hydrogen-bond donors (Lipinski definition) is 3. The molecule has 0 aliphatic carbocycles. The molecule has 9 heteroatoms. The van der Waals surface area contributed by atoms with Crippen LogP contribution in [0.5, 0.6) is 0 Å². The number of ether oxygens (including phenoxy) is 1. The molecular weight excluding hydrogens is 401 g/mol. The second kappa shape index (κ2) is 9.77. The Morgan fingerprint density at radius 3 is 2.68 bits per heavy atom. The largest absolute Gasteiger partial charge is 0.383 e. The summed E-state index contributed by atoms with van der Waals surface area (Å²) >= 11 is 0. The molecule has 1 amide bonds. The van der Waals surface area contributed by atoms with Gasteiger partial charge in [0.2, 0.25) is 0 Å². The summed E-state index contributed by atoms with van der Waals surface area (Å²) < 4.78 is 18.5. The highest BCUT2D eigenvalue weighted by molar-refractivity contribution is 5.94. The molecule has 3 aromatic rings. The van der Waals surface area contributed by atoms with Crippen LogP contribution in [0.1, 0.15) is 15.9 Å². The van der Waals surface area contributed by atoms with Gasteiger partial charge in [0, 0.05) is 49.1 Å². The predicted molar refractivity (Wildman–Crippen MR) is 117 cm³/mol. The first-order valence-corrected chi connectivity index (χ1v) is 9.44. The second-order valence-electron chi connectivity index (χ2n) is 6.83. The van der Waals surface area contributed by atoms with E-state index in [1.165, 1.54) is 30.5 Å². The van der Waals surface area contributed by atoms with Crippen molar-refractivity contribution in [1.29, 1.82) is 5.53 Å². The fourth-order valence-corrected chi connectivity index (χ4v) is 2.95. The number of benzene rings is 2. The highest BCUT2D eigenvalue weighted by Crippen LogP contribution is 2.19. The summed E-state index contributed by atoms with van der Waals surface area (Å²) in [6.45, 7) is 0.934. The topological polar surface area (TPSA) is 111 Å². The van der Waals surface area contributed by atoms with Crippen molar-refractivity contribution < 1.29 is 13.9 Å². The van der Waals surface area contributed by atoms with Gasteiger partial charge >= 0.3 is 0 Å². The first-order valence-electron chi connectivity index (χ1n) is 9.44. The van der Waals surface area contributed by atoms with E-state index in [0.29, 0.717) is 35.3 Å². The molecule has 0 radical (unpaired) electrons. The Morgan fingerprint density at radius 1 is 1.26 bits per heavy atom. The van der Waals surface area contributed by atoms with Crippen molar-refractivity contribution in [2.24, 2.45) is 5.11 Å². The van der Waals surface area contributed by atoms with Gasteiger partial charge in [-0.3, -0.25) is 9.59 Å². The Kier molecular flexibility index (Phi) is 6.88. The van der Waals surface area contributed by atoms with E-state index in [1.807, 2.05) is 0 Å². The third kappa shape index (κ3) is 5.20. The quantitative estimate of drug-likeness (QED) is 0.478. The molecule has 0 fully saturated rings. The van der Waals surface area contributed by atoms with E-state index in [4.69, 9.17) is 10.3 Å². The van der Waals surface area contributed by atoms with Crippen LogP contribution in [-0.4, -0.2) is 43.1 Å². The maximum atomic E-state index is 13.5. The molecule has 3 rings (SSSR count). The number of halogens is 1. The van der Waals surface area contributed by atoms with Crippen LogP contribution in [0.4, 0.5) is 10.1 Å². The predicted octanol–water partition coefficient (Wildman–Crippen LogP) is 3.83. The number of pyridine rings is 1. The van der Waals surface area contributed by atoms with Gasteiger partial charge in [-0.05, 0) is 48.5 Å². The number of carbonyl (C=O) groups is 1. The number of amides is 1. The highest BCUT2D eigenvalue weighted by atomic mass is 19.1. The number of methoxy groups -OCH3 is 1. The van der Waals surface area contributed by atoms with Crippen molar-refractivity contribution >= 4 is 28.2 Å². The van der Waals surface area contributed by atoms with E-state index in [9.17, 15) is 14.0 Å². The van der Waals surface area contributed by atoms with Gasteiger partial charge in [0.05, 0.1) is 12.2 Å². The SMILES string of the molecule is COCCN(C)C(=O)c1ccc(N/C=C(\N=N)c2cc3cc(F)ccc3[nH]c2=O)cc1. The van der Waals surface area contributed by atoms with Gasteiger partial charge in [-0.15, -0.1) is 0 Å². The summed E-state index contributed by atoms with van der Waals surface area (Å²) in [5, 5.41) is 6.88. The molecule has 0 atom stereocenters. The van der Waals surface area contributed by atoms with Gasteiger partial charge in [-0.25, -0.2) is 9.92 Å². The van der Waals surface area contributed by atoms with E-state index in [0.717, 1.165) is 0 Å². The maximum absolute atomic E-state index is 13.5. The first-order chi connectivity index (χ1) is 14.9. The monoisotopic (exact) mass is 423 g/mol. The average Bonchev–Trinajstić information content (AvgIpc) is 2.78. The van der Waals surface area contributed by atoms with Crippen LogP contribution in [-0.2, 0) is 4.74 Å². The van der Waals surface area contributed by atoms with E-state index >= 15 is 0 Å². The summed E-state index contributed by atoms with van der Waals surface area (Å²) in [4.78, 5) is 29.0. The van der Waals surface area contributed by atoms with Crippen LogP contribution in [0.15, 0.2) is 64.6 Å². The van der Waals surface area contributed by atoms with Crippen molar-refractivity contribution in [1.82, 2.24) is 9.88 Å². The number of aromatic amines is 1. The van der Waals surface area contributed by atoms with E-state index in [-0.39, 0.29) is 17.2 Å². The molecule has 8 nitrogen and oxygen atoms in total. The normalized spacial score (nSPS) is 11.4. The van der Waals surface area contributed by atoms with Gasteiger partial charge in [0.25, 0.3) is 11.5 Å². The lowest BCUT2D eigenvalue weighted by Crippen LogP contribution is -2.29. The minimum atomic E-state index is -0.441. The molecule has 2 aromatic carbocycles. The zero-order valence-electron chi connectivity index (χ0n) is 17.1. The third-order valence-electron chi connectivity index (χ3n) is 4.69. The van der Waals surface area contributed by atoms with Crippen LogP contribution >= 0.6 is 0 Å². The van der Waals surface area contributed by atoms with Gasteiger partial charge in [-0.1, -0.05) is 0 Å². The zero-order chi connectivity index (χ0) is 22.4. The Labute approximate surface area is 177 Å². The van der Waals surface area contributed by atoms with E-state index in [1.54, 1.807) is 43.3 Å². The Bertz CT molecular complexity index is 1190. The van der Waals surface area contributed by atoms with Crippen LogP contribution in [0.2, 0.25) is 0 Å². The summed E-state index contributed by atoms with van der Waals surface area (Å²) in [5.41, 5.74) is 8.85. The molecule has 0 spiro atoms. The molecule has 0 bridgehead atoms. The number of carbonyl (C=O) groups excluding carboxylic acids is 1. The Balaban J connectivity index is 1.79. The molecule has 1 aromatic heterocycles. The number of likely N-dealkylation sites (N-methyl/N-ethyl adjacent to an activating group) is 1. The van der Waals surface area contributed by atoms with Crippen LogP contribution in [0.25, 0.3) is 16.6 Å². The molecule has 0 saturated heterocycles. The Morgan fingerprint density at radius 2 is 2.00 bits per heavy atom. The maximum Gasteiger partial charge on any atom is 0.258 e. The van der Waals surface area contributed by atoms with Crippen LogP contribution in [0.3, 0.4) is 0 Å². The minimum Gasteiger partial charge on any atom is -0.383 e. The van der Waals surface area contributed by atoms with Crippen LogP contribution < -0.4 is 10.9 Å². The number of aromatic nitrogens is 1. The average molecular weight is 423 g/mol. The van der Waals surface area contributed by atoms with Crippen molar-refractivity contribution in [3.63, 3.8) is 0 Å². The number of anilines is 1. The summed E-state index contributed by atoms with van der Waals surface area (Å²) in [7, 11) is 3.28. The number of nitrogens with one attached hydrogen (secondary N) is 3. The number of rotatable bonds is 8. The van der Waals surface area contributed by atoms with Crippen molar-refractivity contribution in [3.05, 3.63) is 82.0 Å². The molecule has 1 heterocycles. The number of hydrogen-bond acceptors (Lipinski definition) is 6. The standard InChI is InChI=1S/C22H22FN5O3/c1-28(9-10-31-2)22(30)14-3-6-17(7-4-14)25-13-20(27-24)18-12-15-11-16(23)5-8-19(15)26-21(18)29/h3-8,11-13,24-25H,9-10H2,1-2H3,(H,26,29)/b20-13-,27-24?. The molecular formula is C22H22FN5O3. The molecule has 0 saturated carbocycles. The van der Waals surface area contributed by atoms with Crippen LogP contribution in [0, 0.1) is 11.3 Å². The van der Waals surface area contributed by atoms with E-state index < -0.39 is 11.4 Å². The van der Waals surface area contributed by atoms with Gasteiger partial charge in [-0.2, -0.15) is 5.11 Å². The third-order valence-corrected chi connectivity index (χ3v) is 4.69. The van der Waals surface area contributed by atoms with Gasteiger partial charge < -0.3 is 19.9 Å². The smallest absolute Gasteiger partial charge is 0.258 e. The van der Waals surface area contributed by atoms with E-state index in [2.05, 4.69) is 15.4 Å². The number of fused-ring (bicyclic) bond motifs is 1. The fraction of sp³-hybridized carbons (Fsp3) is 0.182. The number of H-pyrrole nitrogens is 1. The van der Waals surface area contributed by atoms with Crippen molar-refractivity contribution in [2.75, 3.05) is 32.6 Å². The highest BCUT2D eigenvalue weighted by Gasteiger charge is 2.12. The van der Waals surface area contributed by atoms with Crippen molar-refractivity contribution in [3.8, 4) is 0 Å². The summed E-state index contributed by atoms with van der Waals surface area (Å²) in [5.74, 6) is -0.560. The van der Waals surface area contributed by atoms with Gasteiger partial charge in [0.1, 0.15) is 11.5 Å². The minimum absolute atomic E-state index is 0.0758. The molecule has 0 aliphatic rings. The summed E-state index contributed by atoms with van der Waals surface area (Å²) in [6.07, 6.45) is 1.41. The van der Waals surface area contributed by atoms with Gasteiger partial charge in [0.15, 0.2) is 0 Å². The lowest BCUT2D eigenvalue weighted by atomic mass is 10.1. The lowest BCUT2D eigenvalue weighted by molar-refractivity contribution is 0.0744. The number of nitrogens with zero attached hydrogens (tertiary/aromatic N) is 2. The zero-order valence-corrected chi connectivity index (χ0v) is 17.1.